The zero-order valence-corrected chi connectivity index (χ0v) is 41.5. The van der Waals surface area contributed by atoms with Gasteiger partial charge >= 0.3 is 16.4 Å². The molecule has 1 heterocycles. The second kappa shape index (κ2) is 43.6. The van der Waals surface area contributed by atoms with Crippen molar-refractivity contribution in [3.63, 3.8) is 0 Å². The number of ether oxygens (including phenoxy) is 4. The van der Waals surface area contributed by atoms with Gasteiger partial charge in [-0.05, 0) is 64.2 Å². The van der Waals surface area contributed by atoms with Gasteiger partial charge in [-0.25, -0.2) is 4.18 Å². The molecule has 66 heavy (non-hydrogen) atoms. The summed E-state index contributed by atoms with van der Waals surface area (Å²) in [6.07, 6.45) is 49.0. The minimum absolute atomic E-state index is 0.0101. The maximum atomic E-state index is 12.9. The second-order valence-corrected chi connectivity index (χ2v) is 18.1. The Hall–Kier alpha value is -2.72. The first-order valence-electron chi connectivity index (χ1n) is 25.3. The van der Waals surface area contributed by atoms with Gasteiger partial charge in [-0.15, -0.1) is 0 Å². The molecule has 0 aliphatic carbocycles. The van der Waals surface area contributed by atoms with Crippen LogP contribution in [0.1, 0.15) is 181 Å². The van der Waals surface area contributed by atoms with Crippen LogP contribution in [-0.2, 0) is 38.3 Å². The standard InChI is InChI=1S/C53H90O12S/c1-3-5-7-9-11-13-15-17-19-21-22-23-24-25-26-27-28-30-32-34-36-38-40-42-49(55)63-47(46-62-53-51(57)52(65-66(58,59)60)50(56)48(44-54)64-53)45-61-43-41-39-37-35-33-31-29-20-18-16-14-12-10-8-6-4-2/h5,7,11,13,17,19,22-23,25-26,28,30,34,36,47-48,50-54,56-57H,3-4,6,8-10,12,14-16,18,20-21,24,27,29,31-33,35,37-46H2,1-2H3,(H,58,59,60)/b7-5-,13-11-,19-17-,23-22-,26-25-,30-28-,36-34-. The topological polar surface area (TPSA) is 178 Å². The van der Waals surface area contributed by atoms with Crippen LogP contribution in [0.3, 0.4) is 0 Å². The van der Waals surface area contributed by atoms with Gasteiger partial charge in [-0.3, -0.25) is 9.35 Å². The molecule has 1 rings (SSSR count). The molecule has 0 spiro atoms. The molecule has 1 saturated heterocycles. The van der Waals surface area contributed by atoms with E-state index in [9.17, 15) is 33.1 Å². The van der Waals surface area contributed by atoms with E-state index in [0.717, 1.165) is 64.2 Å². The summed E-state index contributed by atoms with van der Waals surface area (Å²) in [6, 6.07) is 0. The maximum Gasteiger partial charge on any atom is 0.397 e. The largest absolute Gasteiger partial charge is 0.457 e. The van der Waals surface area contributed by atoms with Gasteiger partial charge in [0, 0.05) is 13.0 Å². The number of aliphatic hydroxyl groups is 3. The molecule has 0 aromatic rings. The van der Waals surface area contributed by atoms with Crippen LogP contribution in [0.15, 0.2) is 85.1 Å². The van der Waals surface area contributed by atoms with Crippen molar-refractivity contribution >= 4 is 16.4 Å². The number of allylic oxidation sites excluding steroid dienone is 14. The van der Waals surface area contributed by atoms with Gasteiger partial charge in [-0.2, -0.15) is 8.42 Å². The molecule has 6 atom stereocenters. The predicted molar refractivity (Wildman–Crippen MR) is 266 cm³/mol. The van der Waals surface area contributed by atoms with Crippen molar-refractivity contribution in [3.8, 4) is 0 Å². The number of esters is 1. The van der Waals surface area contributed by atoms with E-state index >= 15 is 0 Å². The number of hydrogen-bond acceptors (Lipinski definition) is 11. The van der Waals surface area contributed by atoms with Crippen LogP contribution < -0.4 is 0 Å². The Labute approximate surface area is 400 Å². The fraction of sp³-hybridized carbons (Fsp3) is 0.717. The Morgan fingerprint density at radius 2 is 1.03 bits per heavy atom. The lowest BCUT2D eigenvalue weighted by Gasteiger charge is -2.41. The summed E-state index contributed by atoms with van der Waals surface area (Å²) in [4.78, 5) is 12.9. The molecule has 0 amide bonds. The van der Waals surface area contributed by atoms with Crippen molar-refractivity contribution in [2.24, 2.45) is 0 Å². The van der Waals surface area contributed by atoms with Crippen LogP contribution in [-0.4, -0.2) is 97.5 Å². The zero-order chi connectivity index (χ0) is 48.2. The smallest absolute Gasteiger partial charge is 0.397 e. The Morgan fingerprint density at radius 3 is 1.47 bits per heavy atom. The monoisotopic (exact) mass is 951 g/mol. The molecule has 0 aromatic carbocycles. The van der Waals surface area contributed by atoms with Crippen molar-refractivity contribution < 1.29 is 56.2 Å². The lowest BCUT2D eigenvalue weighted by atomic mass is 9.99. The Kier molecular flexibility index (Phi) is 40.4. The lowest BCUT2D eigenvalue weighted by molar-refractivity contribution is -0.301. The predicted octanol–water partition coefficient (Wildman–Crippen LogP) is 11.6. The van der Waals surface area contributed by atoms with Crippen molar-refractivity contribution in [2.75, 3.05) is 26.4 Å². The molecule has 0 saturated carbocycles. The molecule has 380 valence electrons. The first-order valence-corrected chi connectivity index (χ1v) is 26.7. The van der Waals surface area contributed by atoms with Crippen LogP contribution in [0.2, 0.25) is 0 Å². The molecule has 0 aromatic heterocycles. The van der Waals surface area contributed by atoms with E-state index in [1.165, 1.54) is 83.5 Å². The molecular formula is C53H90O12S. The third-order valence-corrected chi connectivity index (χ3v) is 11.5. The summed E-state index contributed by atoms with van der Waals surface area (Å²) in [5.74, 6) is -0.457. The van der Waals surface area contributed by atoms with Gasteiger partial charge in [0.15, 0.2) is 6.29 Å². The quantitative estimate of drug-likeness (QED) is 0.0197. The second-order valence-electron chi connectivity index (χ2n) is 17.0. The summed E-state index contributed by atoms with van der Waals surface area (Å²) < 4.78 is 59.2. The average molecular weight is 951 g/mol. The highest BCUT2D eigenvalue weighted by molar-refractivity contribution is 7.80. The molecule has 1 fully saturated rings. The Bertz CT molecular complexity index is 1470. The van der Waals surface area contributed by atoms with Gasteiger partial charge in [0.1, 0.15) is 30.5 Å². The van der Waals surface area contributed by atoms with Crippen LogP contribution in [0.25, 0.3) is 0 Å². The highest BCUT2D eigenvalue weighted by Crippen LogP contribution is 2.26. The number of unbranched alkanes of at least 4 members (excludes halogenated alkanes) is 16. The van der Waals surface area contributed by atoms with Crippen molar-refractivity contribution in [1.29, 1.82) is 0 Å². The molecule has 13 heteroatoms. The molecule has 6 unspecified atom stereocenters. The maximum absolute atomic E-state index is 12.9. The summed E-state index contributed by atoms with van der Waals surface area (Å²) in [7, 11) is -5.08. The molecule has 0 radical (unpaired) electrons. The van der Waals surface area contributed by atoms with Gasteiger partial charge in [0.25, 0.3) is 0 Å². The summed E-state index contributed by atoms with van der Waals surface area (Å²) >= 11 is 0. The number of carbonyl (C=O) groups is 1. The number of hydrogen-bond donors (Lipinski definition) is 4. The molecular weight excluding hydrogens is 861 g/mol. The van der Waals surface area contributed by atoms with E-state index in [1.54, 1.807) is 0 Å². The lowest BCUT2D eigenvalue weighted by Crippen LogP contribution is -2.60. The zero-order valence-electron chi connectivity index (χ0n) is 40.7. The Morgan fingerprint density at radius 1 is 0.591 bits per heavy atom. The number of carbonyl (C=O) groups excluding carboxylic acids is 1. The van der Waals surface area contributed by atoms with Crippen LogP contribution in [0.4, 0.5) is 0 Å². The minimum atomic E-state index is -5.08. The van der Waals surface area contributed by atoms with Crippen LogP contribution in [0.5, 0.6) is 0 Å². The van der Waals surface area contributed by atoms with Crippen molar-refractivity contribution in [3.05, 3.63) is 85.1 Å². The third kappa shape index (κ3) is 36.3. The highest BCUT2D eigenvalue weighted by Gasteiger charge is 2.48. The fourth-order valence-electron chi connectivity index (χ4n) is 7.25. The summed E-state index contributed by atoms with van der Waals surface area (Å²) in [5, 5.41) is 30.7. The Balaban J connectivity index is 2.43. The van der Waals surface area contributed by atoms with E-state index in [2.05, 4.69) is 97.0 Å². The van der Waals surface area contributed by atoms with Crippen molar-refractivity contribution in [1.82, 2.24) is 0 Å². The van der Waals surface area contributed by atoms with E-state index in [1.807, 2.05) is 6.08 Å². The summed E-state index contributed by atoms with van der Waals surface area (Å²) in [6.45, 7) is 3.81. The van der Waals surface area contributed by atoms with E-state index in [-0.39, 0.29) is 19.6 Å². The highest BCUT2D eigenvalue weighted by atomic mass is 32.3. The molecule has 12 nitrogen and oxygen atoms in total. The third-order valence-electron chi connectivity index (χ3n) is 11.0. The SMILES string of the molecule is CC/C=C\C/C=C\C/C=C\C/C=C\C/C=C\C/C=C\C/C=C\CCCC(=O)OC(COCCCCCCCCCCCCCCCCCC)COC1OC(CO)C(O)C(OS(=O)(=O)O)C1O. The molecule has 0 bridgehead atoms. The number of aliphatic hydroxyl groups excluding tert-OH is 3. The van der Waals surface area contributed by atoms with Gasteiger partial charge < -0.3 is 34.3 Å². The first-order chi connectivity index (χ1) is 32.1. The van der Waals surface area contributed by atoms with E-state index in [0.29, 0.717) is 19.4 Å². The van der Waals surface area contributed by atoms with Gasteiger partial charge in [0.05, 0.1) is 19.8 Å². The minimum Gasteiger partial charge on any atom is -0.457 e. The van der Waals surface area contributed by atoms with Crippen LogP contribution >= 0.6 is 0 Å². The average Bonchev–Trinajstić information content (AvgIpc) is 3.29. The van der Waals surface area contributed by atoms with E-state index in [4.69, 9.17) is 18.9 Å². The molecule has 1 aliphatic heterocycles. The normalized spacial score (nSPS) is 20.2. The molecule has 1 aliphatic rings. The fourth-order valence-corrected chi connectivity index (χ4v) is 7.76. The summed E-state index contributed by atoms with van der Waals surface area (Å²) in [5.41, 5.74) is 0. The van der Waals surface area contributed by atoms with Crippen molar-refractivity contribution in [2.45, 2.75) is 218 Å². The number of rotatable bonds is 43. The van der Waals surface area contributed by atoms with Gasteiger partial charge in [0.2, 0.25) is 0 Å². The van der Waals surface area contributed by atoms with Crippen LogP contribution in [0, 0.1) is 0 Å². The van der Waals surface area contributed by atoms with E-state index < -0.39 is 59.8 Å². The van der Waals surface area contributed by atoms with Gasteiger partial charge in [-0.1, -0.05) is 195 Å². The first kappa shape index (κ1) is 61.3. The molecule has 4 N–H and O–H groups in total.